The summed E-state index contributed by atoms with van der Waals surface area (Å²) in [5.74, 6) is -0.302. The topological polar surface area (TPSA) is 152 Å². The summed E-state index contributed by atoms with van der Waals surface area (Å²) in [6.07, 6.45) is 3.52. The molecular formula is C27H44N4O6. The first-order valence-corrected chi connectivity index (χ1v) is 13.2. The van der Waals surface area contributed by atoms with Crippen molar-refractivity contribution in [3.8, 4) is 5.75 Å². The molecule has 0 saturated heterocycles. The van der Waals surface area contributed by atoms with Gasteiger partial charge in [-0.2, -0.15) is 0 Å². The zero-order chi connectivity index (χ0) is 27.4. The van der Waals surface area contributed by atoms with Gasteiger partial charge in [0.05, 0.1) is 19.3 Å². The smallest absolute Gasteiger partial charge is 0.326 e. The molecule has 0 bridgehead atoms. The van der Waals surface area contributed by atoms with Crippen LogP contribution in [0, 0.1) is 18.8 Å². The van der Waals surface area contributed by atoms with Crippen molar-refractivity contribution in [2.45, 2.75) is 84.0 Å². The Balaban J connectivity index is 1.65. The van der Waals surface area contributed by atoms with E-state index in [0.717, 1.165) is 31.4 Å². The number of ether oxygens (including phenoxy) is 2. The summed E-state index contributed by atoms with van der Waals surface area (Å²) in [7, 11) is 0. The molecule has 10 nitrogen and oxygen atoms in total. The van der Waals surface area contributed by atoms with E-state index in [-0.39, 0.29) is 29.8 Å². The summed E-state index contributed by atoms with van der Waals surface area (Å²) in [5.41, 5.74) is 6.95. The fourth-order valence-electron chi connectivity index (χ4n) is 4.05. The van der Waals surface area contributed by atoms with Crippen LogP contribution in [0.5, 0.6) is 5.75 Å². The number of amides is 3. The first kappa shape index (κ1) is 30.4. The van der Waals surface area contributed by atoms with E-state index < -0.39 is 24.1 Å². The molecule has 0 heterocycles. The predicted octanol–water partition coefficient (Wildman–Crippen LogP) is 2.58. The number of nitrogens with one attached hydrogen (secondary N) is 3. The van der Waals surface area contributed by atoms with Gasteiger partial charge in [-0.3, -0.25) is 4.79 Å². The van der Waals surface area contributed by atoms with Crippen LogP contribution in [0.2, 0.25) is 0 Å². The van der Waals surface area contributed by atoms with E-state index in [1.807, 2.05) is 45.0 Å². The number of aliphatic carboxylic acids is 1. The Hall–Kier alpha value is -2.85. The highest BCUT2D eigenvalue weighted by Gasteiger charge is 2.32. The number of nitrogens with two attached hydrogens (primary N) is 1. The maximum atomic E-state index is 12.7. The van der Waals surface area contributed by atoms with Gasteiger partial charge in [-0.25, -0.2) is 9.59 Å². The van der Waals surface area contributed by atoms with Gasteiger partial charge >= 0.3 is 12.0 Å². The minimum absolute atomic E-state index is 0.105. The third kappa shape index (κ3) is 11.4. The molecule has 1 fully saturated rings. The average molecular weight is 521 g/mol. The molecule has 208 valence electrons. The van der Waals surface area contributed by atoms with Gasteiger partial charge in [0.25, 0.3) is 0 Å². The quantitative estimate of drug-likeness (QED) is 0.210. The Labute approximate surface area is 220 Å². The molecule has 1 aliphatic carbocycles. The number of urea groups is 1. The third-order valence-electron chi connectivity index (χ3n) is 6.59. The Morgan fingerprint density at radius 2 is 1.68 bits per heavy atom. The average Bonchev–Trinajstić information content (AvgIpc) is 2.81. The van der Waals surface area contributed by atoms with E-state index in [1.165, 1.54) is 5.56 Å². The van der Waals surface area contributed by atoms with Gasteiger partial charge in [-0.15, -0.1) is 0 Å². The molecule has 0 spiro atoms. The summed E-state index contributed by atoms with van der Waals surface area (Å²) < 4.78 is 11.5. The monoisotopic (exact) mass is 520 g/mol. The summed E-state index contributed by atoms with van der Waals surface area (Å²) >= 11 is 0. The molecule has 37 heavy (non-hydrogen) atoms. The first-order chi connectivity index (χ1) is 17.5. The van der Waals surface area contributed by atoms with E-state index in [2.05, 4.69) is 16.0 Å². The van der Waals surface area contributed by atoms with Crippen molar-refractivity contribution >= 4 is 17.9 Å². The zero-order valence-corrected chi connectivity index (χ0v) is 22.5. The van der Waals surface area contributed by atoms with Crippen LogP contribution in [0.1, 0.15) is 58.4 Å². The lowest BCUT2D eigenvalue weighted by atomic mass is 9.77. The molecule has 6 N–H and O–H groups in total. The Morgan fingerprint density at radius 1 is 1.03 bits per heavy atom. The standard InChI is InChI=1S/C27H44N4O6/c1-17(2)24(16-36-11-5-6-12-37-22-9-7-18(3)8-10-22)30-25(32)19(4)29-27(35)31-23(26(33)34)15-20-13-21(28)14-20/h7-10,17,19-21,23-24H,5-6,11-16,28H2,1-4H3,(H,30,32)(H,33,34)(H2,29,31,35)/t19-,20-,21-,23+,24-/m1/s1. The second-order valence-corrected chi connectivity index (χ2v) is 10.4. The second kappa shape index (κ2) is 15.4. The summed E-state index contributed by atoms with van der Waals surface area (Å²) in [6, 6.07) is 5.27. The first-order valence-electron chi connectivity index (χ1n) is 13.2. The number of carboxylic acids is 1. The van der Waals surface area contributed by atoms with Gasteiger partial charge in [0.15, 0.2) is 0 Å². The Bertz CT molecular complexity index is 857. The SMILES string of the molecule is Cc1ccc(OCCCCOC[C@@H](NC(=O)[C@@H](C)NC(=O)N[C@@H](C[C@H]2C[C@H](N)C2)C(=O)O)C(C)C)cc1. The number of hydrogen-bond acceptors (Lipinski definition) is 6. The molecule has 1 aromatic rings. The van der Waals surface area contributed by atoms with Gasteiger partial charge in [-0.1, -0.05) is 31.5 Å². The highest BCUT2D eigenvalue weighted by atomic mass is 16.5. The van der Waals surface area contributed by atoms with Crippen LogP contribution in [0.25, 0.3) is 0 Å². The molecule has 1 saturated carbocycles. The van der Waals surface area contributed by atoms with E-state index >= 15 is 0 Å². The Morgan fingerprint density at radius 3 is 2.27 bits per heavy atom. The molecule has 0 aliphatic heterocycles. The molecule has 2 rings (SSSR count). The van der Waals surface area contributed by atoms with Gasteiger partial charge in [0.2, 0.25) is 5.91 Å². The maximum Gasteiger partial charge on any atom is 0.326 e. The molecule has 0 aromatic heterocycles. The number of rotatable bonds is 16. The number of carbonyl (C=O) groups is 3. The van der Waals surface area contributed by atoms with Crippen molar-refractivity contribution in [1.29, 1.82) is 0 Å². The lowest BCUT2D eigenvalue weighted by molar-refractivity contribution is -0.139. The van der Waals surface area contributed by atoms with Crippen LogP contribution < -0.4 is 26.4 Å². The summed E-state index contributed by atoms with van der Waals surface area (Å²) in [6.45, 7) is 9.07. The summed E-state index contributed by atoms with van der Waals surface area (Å²) in [4.78, 5) is 36.5. The number of hydrogen-bond donors (Lipinski definition) is 5. The van der Waals surface area contributed by atoms with Crippen LogP contribution in [0.3, 0.4) is 0 Å². The molecule has 10 heteroatoms. The van der Waals surface area contributed by atoms with Crippen molar-refractivity contribution in [3.63, 3.8) is 0 Å². The van der Waals surface area contributed by atoms with Crippen molar-refractivity contribution in [1.82, 2.24) is 16.0 Å². The van der Waals surface area contributed by atoms with Gasteiger partial charge in [-0.05, 0) is 69.9 Å². The summed E-state index contributed by atoms with van der Waals surface area (Å²) in [5, 5.41) is 17.3. The Kier molecular flexibility index (Phi) is 12.7. The zero-order valence-electron chi connectivity index (χ0n) is 22.5. The third-order valence-corrected chi connectivity index (χ3v) is 6.59. The van der Waals surface area contributed by atoms with Gasteiger partial charge in [0, 0.05) is 12.6 Å². The van der Waals surface area contributed by atoms with Crippen molar-refractivity contribution < 1.29 is 29.0 Å². The van der Waals surface area contributed by atoms with Crippen LogP contribution in [0.15, 0.2) is 24.3 Å². The minimum Gasteiger partial charge on any atom is -0.494 e. The largest absolute Gasteiger partial charge is 0.494 e. The van der Waals surface area contributed by atoms with Crippen LogP contribution in [-0.2, 0) is 14.3 Å². The van der Waals surface area contributed by atoms with Gasteiger partial charge < -0.3 is 36.3 Å². The fraction of sp³-hybridized carbons (Fsp3) is 0.667. The molecule has 0 radical (unpaired) electrons. The van der Waals surface area contributed by atoms with E-state index in [0.29, 0.717) is 26.2 Å². The van der Waals surface area contributed by atoms with E-state index in [4.69, 9.17) is 15.2 Å². The maximum absolute atomic E-state index is 12.7. The second-order valence-electron chi connectivity index (χ2n) is 10.4. The van der Waals surface area contributed by atoms with E-state index in [1.54, 1.807) is 6.92 Å². The van der Waals surface area contributed by atoms with Crippen LogP contribution >= 0.6 is 0 Å². The highest BCUT2D eigenvalue weighted by molar-refractivity contribution is 5.88. The van der Waals surface area contributed by atoms with Gasteiger partial charge in [0.1, 0.15) is 17.8 Å². The number of unbranched alkanes of at least 4 members (excludes halogenated alkanes) is 1. The van der Waals surface area contributed by atoms with Crippen LogP contribution in [-0.4, -0.2) is 67.0 Å². The fourth-order valence-corrected chi connectivity index (χ4v) is 4.05. The van der Waals surface area contributed by atoms with Crippen molar-refractivity contribution in [3.05, 3.63) is 29.8 Å². The van der Waals surface area contributed by atoms with E-state index in [9.17, 15) is 19.5 Å². The normalized spacial score (nSPS) is 19.3. The molecular weight excluding hydrogens is 476 g/mol. The lowest BCUT2D eigenvalue weighted by Crippen LogP contribution is -2.55. The number of carbonyl (C=O) groups excluding carboxylic acids is 2. The van der Waals surface area contributed by atoms with Crippen molar-refractivity contribution in [2.75, 3.05) is 19.8 Å². The van der Waals surface area contributed by atoms with Crippen molar-refractivity contribution in [2.24, 2.45) is 17.6 Å². The number of carboxylic acid groups (broad SMARTS) is 1. The number of benzene rings is 1. The molecule has 3 amide bonds. The highest BCUT2D eigenvalue weighted by Crippen LogP contribution is 2.29. The predicted molar refractivity (Wildman–Crippen MR) is 141 cm³/mol. The molecule has 1 aliphatic rings. The molecule has 0 unspecified atom stereocenters. The minimum atomic E-state index is -1.11. The number of aryl methyl sites for hydroxylation is 1. The molecule has 3 atom stereocenters. The lowest BCUT2D eigenvalue weighted by Gasteiger charge is -2.34. The van der Waals surface area contributed by atoms with Crippen LogP contribution in [0.4, 0.5) is 4.79 Å². The molecule has 1 aromatic carbocycles.